The third-order valence-corrected chi connectivity index (χ3v) is 2.48. The van der Waals surface area contributed by atoms with Crippen LogP contribution in [0.1, 0.15) is 12.7 Å². The summed E-state index contributed by atoms with van der Waals surface area (Å²) in [6.07, 6.45) is 0.945. The SMILES string of the molecule is CCc1nc2n(n1)CCS2. The highest BCUT2D eigenvalue weighted by molar-refractivity contribution is 7.99. The lowest BCUT2D eigenvalue weighted by atomic mass is 10.5. The van der Waals surface area contributed by atoms with Gasteiger partial charge < -0.3 is 0 Å². The smallest absolute Gasteiger partial charge is 0.186 e. The Morgan fingerprint density at radius 1 is 1.70 bits per heavy atom. The summed E-state index contributed by atoms with van der Waals surface area (Å²) >= 11 is 1.79. The first kappa shape index (κ1) is 6.22. The van der Waals surface area contributed by atoms with E-state index in [1.54, 1.807) is 11.8 Å². The molecule has 2 heterocycles. The second-order valence-corrected chi connectivity index (χ2v) is 3.30. The van der Waals surface area contributed by atoms with Crippen LogP contribution in [0.5, 0.6) is 0 Å². The van der Waals surface area contributed by atoms with Crippen LogP contribution in [0.15, 0.2) is 5.16 Å². The van der Waals surface area contributed by atoms with Crippen molar-refractivity contribution in [3.8, 4) is 0 Å². The second-order valence-electron chi connectivity index (χ2n) is 2.24. The van der Waals surface area contributed by atoms with Gasteiger partial charge in [-0.05, 0) is 0 Å². The predicted octanol–water partition coefficient (Wildman–Crippen LogP) is 0.946. The molecular weight excluding hydrogens is 146 g/mol. The van der Waals surface area contributed by atoms with Crippen molar-refractivity contribution in [2.24, 2.45) is 0 Å². The molecule has 54 valence electrons. The summed E-state index contributed by atoms with van der Waals surface area (Å²) in [5.41, 5.74) is 0. The van der Waals surface area contributed by atoms with Crippen LogP contribution in [0.3, 0.4) is 0 Å². The molecule has 1 aromatic rings. The average molecular weight is 155 g/mol. The van der Waals surface area contributed by atoms with Crippen molar-refractivity contribution in [1.29, 1.82) is 0 Å². The summed E-state index contributed by atoms with van der Waals surface area (Å²) < 4.78 is 1.99. The number of rotatable bonds is 1. The van der Waals surface area contributed by atoms with Crippen molar-refractivity contribution in [1.82, 2.24) is 14.8 Å². The molecule has 0 spiro atoms. The van der Waals surface area contributed by atoms with E-state index in [9.17, 15) is 0 Å². The molecule has 1 aliphatic rings. The van der Waals surface area contributed by atoms with Gasteiger partial charge in [-0.25, -0.2) is 9.67 Å². The summed E-state index contributed by atoms with van der Waals surface area (Å²) in [5, 5.41) is 5.39. The number of nitrogens with zero attached hydrogens (tertiary/aromatic N) is 3. The Labute approximate surface area is 63.8 Å². The third-order valence-electron chi connectivity index (χ3n) is 1.53. The Morgan fingerprint density at radius 2 is 2.60 bits per heavy atom. The predicted molar refractivity (Wildman–Crippen MR) is 40.1 cm³/mol. The monoisotopic (exact) mass is 155 g/mol. The van der Waals surface area contributed by atoms with Crippen molar-refractivity contribution >= 4 is 11.8 Å². The van der Waals surface area contributed by atoms with Crippen molar-refractivity contribution in [3.05, 3.63) is 5.82 Å². The lowest BCUT2D eigenvalue weighted by molar-refractivity contribution is 0.620. The maximum absolute atomic E-state index is 4.32. The average Bonchev–Trinajstić information content (AvgIpc) is 2.42. The second kappa shape index (κ2) is 2.27. The zero-order valence-electron chi connectivity index (χ0n) is 5.87. The summed E-state index contributed by atoms with van der Waals surface area (Å²) in [7, 11) is 0. The number of hydrogen-bond acceptors (Lipinski definition) is 3. The number of hydrogen-bond donors (Lipinski definition) is 0. The third kappa shape index (κ3) is 0.831. The van der Waals surface area contributed by atoms with Crippen LogP contribution in [0, 0.1) is 0 Å². The maximum atomic E-state index is 4.32. The molecule has 4 heteroatoms. The molecule has 3 nitrogen and oxygen atoms in total. The van der Waals surface area contributed by atoms with Gasteiger partial charge >= 0.3 is 0 Å². The summed E-state index contributed by atoms with van der Waals surface area (Å²) in [5.74, 6) is 2.11. The lowest BCUT2D eigenvalue weighted by Gasteiger charge is -1.86. The van der Waals surface area contributed by atoms with Gasteiger partial charge in [-0.2, -0.15) is 5.10 Å². The molecule has 0 aliphatic carbocycles. The number of aromatic nitrogens is 3. The van der Waals surface area contributed by atoms with E-state index in [0.29, 0.717) is 0 Å². The van der Waals surface area contributed by atoms with E-state index in [2.05, 4.69) is 17.0 Å². The normalized spacial score (nSPS) is 15.7. The van der Waals surface area contributed by atoms with Gasteiger partial charge in [-0.15, -0.1) is 0 Å². The van der Waals surface area contributed by atoms with Gasteiger partial charge in [0.1, 0.15) is 0 Å². The molecular formula is C6H9N3S. The number of aryl methyl sites for hydroxylation is 2. The topological polar surface area (TPSA) is 30.7 Å². The van der Waals surface area contributed by atoms with Gasteiger partial charge in [0.05, 0.1) is 6.54 Å². The van der Waals surface area contributed by atoms with Crippen LogP contribution in [-0.4, -0.2) is 20.5 Å². The minimum Gasteiger partial charge on any atom is -0.240 e. The highest BCUT2D eigenvalue weighted by atomic mass is 32.2. The Balaban J connectivity index is 2.37. The minimum absolute atomic E-state index is 0.945. The van der Waals surface area contributed by atoms with Crippen LogP contribution in [0.4, 0.5) is 0 Å². The van der Waals surface area contributed by atoms with Crippen molar-refractivity contribution in [3.63, 3.8) is 0 Å². The molecule has 1 aliphatic heterocycles. The van der Waals surface area contributed by atoms with Gasteiger partial charge in [0.15, 0.2) is 11.0 Å². The van der Waals surface area contributed by atoms with E-state index >= 15 is 0 Å². The van der Waals surface area contributed by atoms with Gasteiger partial charge in [0.2, 0.25) is 0 Å². The highest BCUT2D eigenvalue weighted by Gasteiger charge is 2.14. The molecule has 0 radical (unpaired) electrons. The summed E-state index contributed by atoms with van der Waals surface area (Å²) in [6, 6.07) is 0. The fraction of sp³-hybridized carbons (Fsp3) is 0.667. The van der Waals surface area contributed by atoms with E-state index in [1.165, 1.54) is 0 Å². The van der Waals surface area contributed by atoms with E-state index in [-0.39, 0.29) is 0 Å². The van der Waals surface area contributed by atoms with E-state index in [4.69, 9.17) is 0 Å². The van der Waals surface area contributed by atoms with Gasteiger partial charge in [0, 0.05) is 12.2 Å². The van der Waals surface area contributed by atoms with E-state index in [1.807, 2.05) is 4.68 Å². The Morgan fingerprint density at radius 3 is 3.30 bits per heavy atom. The van der Waals surface area contributed by atoms with Crippen LogP contribution >= 0.6 is 11.8 Å². The molecule has 0 bridgehead atoms. The molecule has 0 N–H and O–H groups in total. The number of thioether (sulfide) groups is 1. The van der Waals surface area contributed by atoms with Crippen molar-refractivity contribution < 1.29 is 0 Å². The quantitative estimate of drug-likeness (QED) is 0.605. The molecule has 0 atom stereocenters. The largest absolute Gasteiger partial charge is 0.240 e. The van der Waals surface area contributed by atoms with Crippen molar-refractivity contribution in [2.75, 3.05) is 5.75 Å². The molecule has 0 fully saturated rings. The first-order valence-corrected chi connectivity index (χ1v) is 4.45. The molecule has 0 saturated carbocycles. The molecule has 10 heavy (non-hydrogen) atoms. The lowest BCUT2D eigenvalue weighted by Crippen LogP contribution is -1.96. The van der Waals surface area contributed by atoms with Crippen LogP contribution in [0.2, 0.25) is 0 Å². The Hall–Kier alpha value is -0.510. The van der Waals surface area contributed by atoms with Crippen molar-refractivity contribution in [2.45, 2.75) is 25.0 Å². The fourth-order valence-electron chi connectivity index (χ4n) is 0.998. The van der Waals surface area contributed by atoms with Crippen LogP contribution in [0.25, 0.3) is 0 Å². The Bertz CT molecular complexity index is 222. The first-order chi connectivity index (χ1) is 4.90. The molecule has 0 saturated heterocycles. The summed E-state index contributed by atoms with van der Waals surface area (Å²) in [4.78, 5) is 4.32. The van der Waals surface area contributed by atoms with Gasteiger partial charge in [0.25, 0.3) is 0 Å². The van der Waals surface area contributed by atoms with E-state index in [0.717, 1.165) is 29.7 Å². The standard InChI is InChI=1S/C6H9N3S/c1-2-5-7-6-9(8-5)3-4-10-6/h2-4H2,1H3. The first-order valence-electron chi connectivity index (χ1n) is 3.46. The molecule has 0 unspecified atom stereocenters. The molecule has 0 aromatic carbocycles. The van der Waals surface area contributed by atoms with Crippen LogP contribution < -0.4 is 0 Å². The zero-order chi connectivity index (χ0) is 6.97. The highest BCUT2D eigenvalue weighted by Crippen LogP contribution is 2.22. The molecule has 0 amide bonds. The molecule has 2 rings (SSSR count). The Kier molecular flexibility index (Phi) is 1.41. The minimum atomic E-state index is 0.945. The maximum Gasteiger partial charge on any atom is 0.186 e. The van der Waals surface area contributed by atoms with Gasteiger partial charge in [-0.3, -0.25) is 0 Å². The van der Waals surface area contributed by atoms with Gasteiger partial charge in [-0.1, -0.05) is 18.7 Å². The molecule has 1 aromatic heterocycles. The fourth-order valence-corrected chi connectivity index (χ4v) is 1.90. The number of fused-ring (bicyclic) bond motifs is 1. The van der Waals surface area contributed by atoms with E-state index < -0.39 is 0 Å². The summed E-state index contributed by atoms with van der Waals surface area (Å²) in [6.45, 7) is 3.11. The van der Waals surface area contributed by atoms with Crippen LogP contribution in [-0.2, 0) is 13.0 Å². The zero-order valence-corrected chi connectivity index (χ0v) is 6.69.